The first kappa shape index (κ1) is 18.3. The van der Waals surface area contributed by atoms with Gasteiger partial charge >= 0.3 is 6.18 Å². The van der Waals surface area contributed by atoms with Crippen LogP contribution in [0.3, 0.4) is 0 Å². The molecule has 24 heavy (non-hydrogen) atoms. The van der Waals surface area contributed by atoms with Crippen molar-refractivity contribution in [2.24, 2.45) is 0 Å². The molecule has 0 saturated carbocycles. The lowest BCUT2D eigenvalue weighted by atomic mass is 10.0. The minimum absolute atomic E-state index is 0.117. The molecule has 1 aromatic carbocycles. The number of hydrogen-bond donors (Lipinski definition) is 1. The van der Waals surface area contributed by atoms with Crippen molar-refractivity contribution in [3.8, 4) is 0 Å². The summed E-state index contributed by atoms with van der Waals surface area (Å²) in [7, 11) is 0. The molecule has 0 aromatic heterocycles. The van der Waals surface area contributed by atoms with Gasteiger partial charge in [-0.25, -0.2) is 0 Å². The predicted octanol–water partition coefficient (Wildman–Crippen LogP) is 1.61. The van der Waals surface area contributed by atoms with Gasteiger partial charge in [0.05, 0.1) is 25.2 Å². The molecule has 0 unspecified atom stereocenters. The van der Waals surface area contributed by atoms with Crippen LogP contribution >= 0.6 is 0 Å². The highest BCUT2D eigenvalue weighted by molar-refractivity contribution is 5.88. The van der Waals surface area contributed by atoms with E-state index in [0.717, 1.165) is 6.07 Å². The van der Waals surface area contributed by atoms with Crippen LogP contribution in [0.15, 0.2) is 24.3 Å². The van der Waals surface area contributed by atoms with Gasteiger partial charge in [0.25, 0.3) is 0 Å². The molecule has 1 aliphatic rings. The second-order valence-corrected chi connectivity index (χ2v) is 5.56. The first-order valence-electron chi connectivity index (χ1n) is 7.60. The third-order valence-electron chi connectivity index (χ3n) is 3.74. The SMILES string of the molecule is C[C@H](NC(=O)Cc1ccccc1C(F)(F)F)C(=O)N1CCOCC1. The van der Waals surface area contributed by atoms with E-state index in [9.17, 15) is 22.8 Å². The molecule has 2 rings (SSSR count). The summed E-state index contributed by atoms with van der Waals surface area (Å²) in [4.78, 5) is 25.8. The molecule has 1 aliphatic heterocycles. The molecule has 8 heteroatoms. The van der Waals surface area contributed by atoms with Gasteiger partial charge in [-0.3, -0.25) is 9.59 Å². The number of rotatable bonds is 4. The standard InChI is InChI=1S/C16H19F3N2O3/c1-11(15(23)21-6-8-24-9-7-21)20-14(22)10-12-4-2-3-5-13(12)16(17,18)19/h2-5,11H,6-10H2,1H3,(H,20,22)/t11-/m0/s1. The van der Waals surface area contributed by atoms with Gasteiger partial charge in [0.1, 0.15) is 6.04 Å². The summed E-state index contributed by atoms with van der Waals surface area (Å²) in [5.74, 6) is -0.892. The van der Waals surface area contributed by atoms with Gasteiger partial charge in [-0.1, -0.05) is 18.2 Å². The Kier molecular flexibility index (Phi) is 5.82. The monoisotopic (exact) mass is 344 g/mol. The summed E-state index contributed by atoms with van der Waals surface area (Å²) in [6.45, 7) is 3.27. The van der Waals surface area contributed by atoms with Gasteiger partial charge < -0.3 is 15.0 Å². The van der Waals surface area contributed by atoms with E-state index in [0.29, 0.717) is 26.3 Å². The zero-order valence-corrected chi connectivity index (χ0v) is 13.2. The summed E-state index contributed by atoms with van der Waals surface area (Å²) >= 11 is 0. The summed E-state index contributed by atoms with van der Waals surface area (Å²) in [6.07, 6.45) is -4.96. The topological polar surface area (TPSA) is 58.6 Å². The first-order valence-corrected chi connectivity index (χ1v) is 7.60. The van der Waals surface area contributed by atoms with Crippen LogP contribution in [0.2, 0.25) is 0 Å². The maximum Gasteiger partial charge on any atom is 0.416 e. The molecule has 0 radical (unpaired) electrons. The Hall–Kier alpha value is -2.09. The summed E-state index contributed by atoms with van der Waals surface area (Å²) in [5.41, 5.74) is -0.958. The van der Waals surface area contributed by atoms with Crippen LogP contribution < -0.4 is 5.32 Å². The number of nitrogens with one attached hydrogen (secondary N) is 1. The van der Waals surface area contributed by atoms with Gasteiger partial charge in [0, 0.05) is 13.1 Å². The highest BCUT2D eigenvalue weighted by atomic mass is 19.4. The molecule has 1 fully saturated rings. The molecular weight excluding hydrogens is 325 g/mol. The van der Waals surface area contributed by atoms with E-state index in [1.165, 1.54) is 25.1 Å². The van der Waals surface area contributed by atoms with Gasteiger partial charge in [-0.15, -0.1) is 0 Å². The van der Waals surface area contributed by atoms with Crippen LogP contribution in [0, 0.1) is 0 Å². The molecular formula is C16H19F3N2O3. The molecule has 0 aliphatic carbocycles. The summed E-state index contributed by atoms with van der Waals surface area (Å²) < 4.78 is 43.9. The third kappa shape index (κ3) is 4.70. The molecule has 1 saturated heterocycles. The molecule has 5 nitrogen and oxygen atoms in total. The van der Waals surface area contributed by atoms with Crippen molar-refractivity contribution in [3.63, 3.8) is 0 Å². The lowest BCUT2D eigenvalue weighted by molar-refractivity contribution is -0.140. The molecule has 132 valence electrons. The quantitative estimate of drug-likeness (QED) is 0.903. The van der Waals surface area contributed by atoms with E-state index in [4.69, 9.17) is 4.74 Å². The van der Waals surface area contributed by atoms with Gasteiger partial charge in [0.2, 0.25) is 11.8 Å². The van der Waals surface area contributed by atoms with Crippen molar-refractivity contribution in [1.82, 2.24) is 10.2 Å². The van der Waals surface area contributed by atoms with Crippen LogP contribution in [-0.2, 0) is 26.9 Å². The fraction of sp³-hybridized carbons (Fsp3) is 0.500. The second kappa shape index (κ2) is 7.65. The Morgan fingerprint density at radius 2 is 1.88 bits per heavy atom. The maximum atomic E-state index is 12.9. The van der Waals surface area contributed by atoms with E-state index in [1.807, 2.05) is 0 Å². The van der Waals surface area contributed by atoms with Crippen LogP contribution in [0.1, 0.15) is 18.1 Å². The zero-order chi connectivity index (χ0) is 17.7. The van der Waals surface area contributed by atoms with Crippen molar-refractivity contribution < 1.29 is 27.5 Å². The molecule has 0 spiro atoms. The highest BCUT2D eigenvalue weighted by Crippen LogP contribution is 2.31. The number of hydrogen-bond acceptors (Lipinski definition) is 3. The fourth-order valence-corrected chi connectivity index (χ4v) is 2.54. The number of benzene rings is 1. The summed E-state index contributed by atoms with van der Waals surface area (Å²) in [6, 6.07) is 4.12. The number of carbonyl (C=O) groups is 2. The van der Waals surface area contributed by atoms with E-state index >= 15 is 0 Å². The lowest BCUT2D eigenvalue weighted by Gasteiger charge is -2.29. The molecule has 1 N–H and O–H groups in total. The normalized spacial score (nSPS) is 16.6. The molecule has 1 aromatic rings. The van der Waals surface area contributed by atoms with Crippen molar-refractivity contribution in [2.75, 3.05) is 26.3 Å². The minimum atomic E-state index is -4.52. The number of ether oxygens (including phenoxy) is 1. The smallest absolute Gasteiger partial charge is 0.378 e. The van der Waals surface area contributed by atoms with Crippen LogP contribution in [0.5, 0.6) is 0 Å². The Morgan fingerprint density at radius 1 is 1.25 bits per heavy atom. The van der Waals surface area contributed by atoms with Crippen molar-refractivity contribution in [2.45, 2.75) is 25.6 Å². The van der Waals surface area contributed by atoms with Crippen molar-refractivity contribution >= 4 is 11.8 Å². The van der Waals surface area contributed by atoms with Crippen LogP contribution in [0.4, 0.5) is 13.2 Å². The van der Waals surface area contributed by atoms with Gasteiger partial charge in [0.15, 0.2) is 0 Å². The summed E-state index contributed by atoms with van der Waals surface area (Å²) in [5, 5.41) is 2.47. The Balaban J connectivity index is 1.97. The largest absolute Gasteiger partial charge is 0.416 e. The molecule has 1 atom stereocenters. The number of morpholine rings is 1. The second-order valence-electron chi connectivity index (χ2n) is 5.56. The van der Waals surface area contributed by atoms with E-state index < -0.39 is 30.1 Å². The van der Waals surface area contributed by atoms with Gasteiger partial charge in [-0.2, -0.15) is 13.2 Å². The number of carbonyl (C=O) groups excluding carboxylic acids is 2. The number of nitrogens with zero attached hydrogens (tertiary/aromatic N) is 1. The average Bonchev–Trinajstić information content (AvgIpc) is 2.54. The Morgan fingerprint density at radius 3 is 2.50 bits per heavy atom. The minimum Gasteiger partial charge on any atom is -0.378 e. The molecule has 2 amide bonds. The van der Waals surface area contributed by atoms with E-state index in [2.05, 4.69) is 5.32 Å². The third-order valence-corrected chi connectivity index (χ3v) is 3.74. The van der Waals surface area contributed by atoms with Crippen molar-refractivity contribution in [3.05, 3.63) is 35.4 Å². The van der Waals surface area contributed by atoms with Gasteiger partial charge in [-0.05, 0) is 18.6 Å². The highest BCUT2D eigenvalue weighted by Gasteiger charge is 2.33. The zero-order valence-electron chi connectivity index (χ0n) is 13.2. The van der Waals surface area contributed by atoms with E-state index in [-0.39, 0.29) is 11.5 Å². The first-order chi connectivity index (χ1) is 11.3. The van der Waals surface area contributed by atoms with Crippen LogP contribution in [-0.4, -0.2) is 49.1 Å². The number of halogens is 3. The fourth-order valence-electron chi connectivity index (χ4n) is 2.54. The Bertz CT molecular complexity index is 598. The number of alkyl halides is 3. The molecule has 1 heterocycles. The number of amides is 2. The maximum absolute atomic E-state index is 12.9. The average molecular weight is 344 g/mol. The van der Waals surface area contributed by atoms with E-state index in [1.54, 1.807) is 4.90 Å². The predicted molar refractivity (Wildman–Crippen MR) is 80.2 cm³/mol. The molecule has 0 bridgehead atoms. The van der Waals surface area contributed by atoms with Crippen LogP contribution in [0.25, 0.3) is 0 Å². The lowest BCUT2D eigenvalue weighted by Crippen LogP contribution is -2.50. The Labute approximate surface area is 137 Å². The van der Waals surface area contributed by atoms with Crippen molar-refractivity contribution in [1.29, 1.82) is 0 Å².